The number of nitrogens with one attached hydrogen (secondary N) is 1. The number of nitrogens with zero attached hydrogens (tertiary/aromatic N) is 4. The fourth-order valence-electron chi connectivity index (χ4n) is 4.23. The number of H-pyrrole nitrogens is 1. The van der Waals surface area contributed by atoms with Crippen LogP contribution in [0.15, 0.2) is 18.3 Å². The van der Waals surface area contributed by atoms with Crippen molar-refractivity contribution in [2.24, 2.45) is 5.41 Å². The van der Waals surface area contributed by atoms with Gasteiger partial charge in [-0.3, -0.25) is 9.80 Å². The van der Waals surface area contributed by atoms with Gasteiger partial charge in [-0.25, -0.2) is 9.59 Å². The molecule has 10 nitrogen and oxygen atoms in total. The van der Waals surface area contributed by atoms with Crippen LogP contribution >= 0.6 is 11.3 Å². The topological polar surface area (TPSA) is 132 Å². The Morgan fingerprint density at radius 3 is 2.13 bits per heavy atom. The van der Waals surface area contributed by atoms with Gasteiger partial charge in [0.1, 0.15) is 0 Å². The van der Waals surface area contributed by atoms with E-state index in [1.165, 1.54) is 29.1 Å². The van der Waals surface area contributed by atoms with E-state index < -0.39 is 24.3 Å². The second-order valence-electron chi connectivity index (χ2n) is 9.16. The van der Waals surface area contributed by atoms with E-state index in [1.807, 2.05) is 17.5 Å². The number of hydrogen-bond donors (Lipinski definition) is 3. The molecule has 0 bridgehead atoms. The Hall–Kier alpha value is -2.76. The zero-order valence-corrected chi connectivity index (χ0v) is 21.7. The second-order valence-corrected chi connectivity index (χ2v) is 10.5. The molecule has 1 spiro atoms. The van der Waals surface area contributed by atoms with Gasteiger partial charge in [0.25, 0.3) is 0 Å². The zero-order valence-electron chi connectivity index (χ0n) is 20.9. The Balaban J connectivity index is 0.000000317. The highest BCUT2D eigenvalue weighted by Crippen LogP contribution is 2.34. The third kappa shape index (κ3) is 11.5. The molecule has 2 fully saturated rings. The van der Waals surface area contributed by atoms with Gasteiger partial charge in [0.05, 0.1) is 25.1 Å². The minimum atomic E-state index is -5.08. The van der Waals surface area contributed by atoms with E-state index in [0.717, 1.165) is 51.6 Å². The van der Waals surface area contributed by atoms with E-state index in [-0.39, 0.29) is 5.41 Å². The van der Waals surface area contributed by atoms with Crippen molar-refractivity contribution in [3.05, 3.63) is 33.8 Å². The Labute approximate surface area is 223 Å². The van der Waals surface area contributed by atoms with Crippen molar-refractivity contribution >= 4 is 23.3 Å². The summed E-state index contributed by atoms with van der Waals surface area (Å²) in [6.07, 6.45) is -5.83. The van der Waals surface area contributed by atoms with Gasteiger partial charge in [-0.05, 0) is 38.4 Å². The van der Waals surface area contributed by atoms with Crippen LogP contribution in [-0.2, 0) is 27.4 Å². The van der Waals surface area contributed by atoms with E-state index in [1.54, 1.807) is 0 Å². The molecule has 2 aromatic heterocycles. The maximum Gasteiger partial charge on any atom is 0.490 e. The minimum absolute atomic E-state index is 0.241. The van der Waals surface area contributed by atoms with Crippen molar-refractivity contribution < 1.29 is 50.9 Å². The lowest BCUT2D eigenvalue weighted by molar-refractivity contribution is -0.193. The molecule has 2 saturated heterocycles. The number of aryl methyl sites for hydroxylation is 1. The van der Waals surface area contributed by atoms with E-state index >= 15 is 0 Å². The number of rotatable bonds is 4. The fourth-order valence-corrected chi connectivity index (χ4v) is 5.16. The van der Waals surface area contributed by atoms with Crippen LogP contribution in [0.1, 0.15) is 28.3 Å². The largest absolute Gasteiger partial charge is 0.490 e. The van der Waals surface area contributed by atoms with Crippen LogP contribution < -0.4 is 0 Å². The number of hydrogen-bond acceptors (Lipinski definition) is 8. The molecule has 0 saturated carbocycles. The van der Waals surface area contributed by atoms with E-state index in [0.29, 0.717) is 0 Å². The summed E-state index contributed by atoms with van der Waals surface area (Å²) in [7, 11) is 0. The summed E-state index contributed by atoms with van der Waals surface area (Å²) >= 11 is 1.92. The summed E-state index contributed by atoms with van der Waals surface area (Å²) in [6, 6.07) is 4.51. The number of carboxylic acid groups (broad SMARTS) is 2. The number of halogens is 6. The van der Waals surface area contributed by atoms with E-state index in [2.05, 4.69) is 44.3 Å². The molecule has 1 unspecified atom stereocenters. The van der Waals surface area contributed by atoms with Crippen molar-refractivity contribution in [3.63, 3.8) is 0 Å². The number of likely N-dealkylation sites (tertiary alicyclic amines) is 1. The van der Waals surface area contributed by atoms with E-state index in [4.69, 9.17) is 24.5 Å². The van der Waals surface area contributed by atoms with Crippen LogP contribution in [-0.4, -0.2) is 99.1 Å². The predicted molar refractivity (Wildman–Crippen MR) is 126 cm³/mol. The van der Waals surface area contributed by atoms with Gasteiger partial charge in [0, 0.05) is 47.9 Å². The molecular weight excluding hydrogens is 560 g/mol. The molecule has 4 rings (SSSR count). The summed E-state index contributed by atoms with van der Waals surface area (Å²) < 4.78 is 69.5. The molecule has 0 radical (unpaired) electrons. The molecule has 39 heavy (non-hydrogen) atoms. The standard InChI is InChI=1S/C18H27N5OS.2C2HF3O2/c1-15-3-4-17(25-15)11-22-6-2-5-18(12-22)13-23(7-8-24-14-18)10-16-9-19-21-20-16;2*3-2(4,5)1(6)7/h3-4,9H,2,5-8,10-14H2,1H3,(H,19,20,21);2*(H,6,7). The van der Waals surface area contributed by atoms with Gasteiger partial charge in [-0.15, -0.1) is 11.3 Å². The number of thiophene rings is 1. The number of ether oxygens (including phenoxy) is 1. The molecule has 0 amide bonds. The predicted octanol–water partition coefficient (Wildman–Crippen LogP) is 3.56. The van der Waals surface area contributed by atoms with Crippen molar-refractivity contribution in [2.45, 2.75) is 45.2 Å². The Kier molecular flexibility index (Phi) is 11.7. The van der Waals surface area contributed by atoms with Crippen LogP contribution in [0.3, 0.4) is 0 Å². The second kappa shape index (κ2) is 14.0. The fraction of sp³-hybridized carbons (Fsp3) is 0.636. The Bertz CT molecular complexity index is 1030. The van der Waals surface area contributed by atoms with Crippen LogP contribution in [0.4, 0.5) is 26.3 Å². The van der Waals surface area contributed by atoms with Crippen LogP contribution in [0.5, 0.6) is 0 Å². The highest BCUT2D eigenvalue weighted by atomic mass is 32.1. The summed E-state index contributed by atoms with van der Waals surface area (Å²) in [5, 5.41) is 25.1. The lowest BCUT2D eigenvalue weighted by Gasteiger charge is -2.43. The van der Waals surface area contributed by atoms with E-state index in [9.17, 15) is 26.3 Å². The highest BCUT2D eigenvalue weighted by Gasteiger charge is 2.40. The average molecular weight is 590 g/mol. The van der Waals surface area contributed by atoms with Gasteiger partial charge >= 0.3 is 24.3 Å². The highest BCUT2D eigenvalue weighted by molar-refractivity contribution is 7.11. The molecule has 2 aromatic rings. The molecule has 2 aliphatic rings. The average Bonchev–Trinajstić information content (AvgIpc) is 3.43. The van der Waals surface area contributed by atoms with Gasteiger partial charge in [-0.2, -0.15) is 41.8 Å². The zero-order chi connectivity index (χ0) is 29.3. The molecule has 2 aliphatic heterocycles. The summed E-state index contributed by atoms with van der Waals surface area (Å²) in [5.74, 6) is -5.51. The number of aliphatic carboxylic acids is 2. The third-order valence-electron chi connectivity index (χ3n) is 5.77. The molecule has 1 atom stereocenters. The number of alkyl halides is 6. The molecule has 3 N–H and O–H groups in total. The van der Waals surface area contributed by atoms with Gasteiger partial charge in [0.15, 0.2) is 0 Å². The summed E-state index contributed by atoms with van der Waals surface area (Å²) in [6.45, 7) is 10.2. The van der Waals surface area contributed by atoms with Crippen molar-refractivity contribution in [2.75, 3.05) is 39.4 Å². The molecular formula is C22H29F6N5O5S. The monoisotopic (exact) mass is 589 g/mol. The molecule has 4 heterocycles. The van der Waals surface area contributed by atoms with Gasteiger partial charge < -0.3 is 14.9 Å². The van der Waals surface area contributed by atoms with Crippen LogP contribution in [0.25, 0.3) is 0 Å². The Morgan fingerprint density at radius 1 is 1.05 bits per heavy atom. The number of carboxylic acids is 2. The SMILES string of the molecule is Cc1ccc(CN2CCCC3(COCCN(Cc4cn[nH]n4)C3)C2)s1.O=C(O)C(F)(F)F.O=C(O)C(F)(F)F. The summed E-state index contributed by atoms with van der Waals surface area (Å²) in [4.78, 5) is 25.8. The quantitative estimate of drug-likeness (QED) is 0.458. The van der Waals surface area contributed by atoms with Crippen molar-refractivity contribution in [1.29, 1.82) is 0 Å². The lowest BCUT2D eigenvalue weighted by Crippen LogP contribution is -2.50. The molecule has 17 heteroatoms. The number of aromatic nitrogens is 3. The van der Waals surface area contributed by atoms with Crippen molar-refractivity contribution in [3.8, 4) is 0 Å². The van der Waals surface area contributed by atoms with Crippen molar-refractivity contribution in [1.82, 2.24) is 25.2 Å². The first-order chi connectivity index (χ1) is 18.1. The van der Waals surface area contributed by atoms with Crippen LogP contribution in [0.2, 0.25) is 0 Å². The molecule has 220 valence electrons. The first kappa shape index (κ1) is 32.5. The molecule has 0 aliphatic carbocycles. The van der Waals surface area contributed by atoms with Crippen LogP contribution in [0, 0.1) is 12.3 Å². The number of carbonyl (C=O) groups is 2. The lowest BCUT2D eigenvalue weighted by atomic mass is 9.80. The molecule has 0 aromatic carbocycles. The first-order valence-electron chi connectivity index (χ1n) is 11.6. The normalized spacial score (nSPS) is 20.8. The Morgan fingerprint density at radius 2 is 1.64 bits per heavy atom. The third-order valence-corrected chi connectivity index (χ3v) is 6.76. The number of piperidine rings is 1. The smallest absolute Gasteiger partial charge is 0.475 e. The maximum absolute atomic E-state index is 10.6. The minimum Gasteiger partial charge on any atom is -0.475 e. The maximum atomic E-state index is 10.6. The van der Waals surface area contributed by atoms with Gasteiger partial charge in [-0.1, -0.05) is 0 Å². The first-order valence-corrected chi connectivity index (χ1v) is 12.4. The van der Waals surface area contributed by atoms with Gasteiger partial charge in [0.2, 0.25) is 0 Å². The summed E-state index contributed by atoms with van der Waals surface area (Å²) in [5.41, 5.74) is 1.25. The number of aromatic amines is 1.